The number of nitrogens with one attached hydrogen (secondary N) is 1. The highest BCUT2D eigenvalue weighted by Crippen LogP contribution is 2.39. The highest BCUT2D eigenvalue weighted by atomic mass is 32.2. The van der Waals surface area contributed by atoms with Crippen LogP contribution in [-0.2, 0) is 19.9 Å². The smallest absolute Gasteiger partial charge is 0.269 e. The molecule has 0 radical (unpaired) electrons. The van der Waals surface area contributed by atoms with E-state index in [0.29, 0.717) is 40.7 Å². The van der Waals surface area contributed by atoms with Gasteiger partial charge in [-0.3, -0.25) is 0 Å². The van der Waals surface area contributed by atoms with Gasteiger partial charge in [-0.15, -0.1) is 0 Å². The quantitative estimate of drug-likeness (QED) is 0.271. The number of benzene rings is 2. The van der Waals surface area contributed by atoms with E-state index in [1.807, 2.05) is 13.0 Å². The fourth-order valence-corrected chi connectivity index (χ4v) is 8.22. The van der Waals surface area contributed by atoms with Crippen molar-refractivity contribution in [3.63, 3.8) is 0 Å². The minimum Gasteiger partial charge on any atom is -0.381 e. The fraction of sp³-hybridized carbons (Fsp3) is 0.200. The summed E-state index contributed by atoms with van der Waals surface area (Å²) in [5.74, 6) is -0.0833. The SMILES string of the molecule is Cc1ccc(S(=O)(=O)n2ccc3c(NC4CC(CS(=O)(=O)c5cccc(C#N)c5)C4)c(-c4ccncn4)cnc32)cc1. The van der Waals surface area contributed by atoms with Gasteiger partial charge in [0, 0.05) is 35.6 Å². The molecule has 0 aliphatic heterocycles. The maximum atomic E-state index is 13.5. The molecule has 5 aromatic rings. The molecule has 0 bridgehead atoms. The summed E-state index contributed by atoms with van der Waals surface area (Å²) < 4.78 is 54.2. The van der Waals surface area contributed by atoms with Gasteiger partial charge in [0.25, 0.3) is 10.0 Å². The zero-order valence-electron chi connectivity index (χ0n) is 22.5. The average Bonchev–Trinajstić information content (AvgIpc) is 3.42. The predicted molar refractivity (Wildman–Crippen MR) is 158 cm³/mol. The van der Waals surface area contributed by atoms with Crippen molar-refractivity contribution in [1.29, 1.82) is 5.26 Å². The summed E-state index contributed by atoms with van der Waals surface area (Å²) >= 11 is 0. The molecule has 0 unspecified atom stereocenters. The highest BCUT2D eigenvalue weighted by molar-refractivity contribution is 7.91. The molecule has 0 amide bonds. The standard InChI is InChI=1S/C30H26N6O4S2/c1-20-5-7-24(8-6-20)42(39,40)36-12-10-26-29(27(17-33-30(26)36)28-9-11-32-19-34-28)35-23-13-22(14-23)18-41(37,38)25-4-2-3-21(15-25)16-31/h2-12,15,17,19,22-23H,13-14,18H2,1H3,(H,33,35). The normalized spacial score (nSPS) is 17.0. The minimum absolute atomic E-state index is 0.0181. The molecule has 12 heteroatoms. The van der Waals surface area contributed by atoms with E-state index in [2.05, 4.69) is 20.3 Å². The second-order valence-electron chi connectivity index (χ2n) is 10.4. The number of aromatic nitrogens is 4. The number of hydrogen-bond donors (Lipinski definition) is 1. The molecule has 6 rings (SSSR count). The van der Waals surface area contributed by atoms with Crippen LogP contribution in [-0.4, -0.2) is 47.6 Å². The number of rotatable bonds is 8. The van der Waals surface area contributed by atoms with Crippen LogP contribution in [0.2, 0.25) is 0 Å². The van der Waals surface area contributed by atoms with Gasteiger partial charge < -0.3 is 5.32 Å². The van der Waals surface area contributed by atoms with Crippen molar-refractivity contribution < 1.29 is 16.8 Å². The van der Waals surface area contributed by atoms with Crippen LogP contribution in [0.15, 0.2) is 95.4 Å². The Balaban J connectivity index is 1.30. The van der Waals surface area contributed by atoms with Crippen LogP contribution in [0.5, 0.6) is 0 Å². The Labute approximate surface area is 243 Å². The summed E-state index contributed by atoms with van der Waals surface area (Å²) in [4.78, 5) is 13.2. The summed E-state index contributed by atoms with van der Waals surface area (Å²) in [6.45, 7) is 1.89. The lowest BCUT2D eigenvalue weighted by atomic mass is 9.81. The maximum Gasteiger partial charge on any atom is 0.269 e. The van der Waals surface area contributed by atoms with Gasteiger partial charge in [-0.2, -0.15) is 5.26 Å². The Bertz CT molecular complexity index is 2050. The first-order valence-corrected chi connectivity index (χ1v) is 16.3. The number of anilines is 1. The van der Waals surface area contributed by atoms with Crippen LogP contribution < -0.4 is 5.32 Å². The number of sulfone groups is 1. The molecule has 2 aromatic carbocycles. The number of nitriles is 1. The van der Waals surface area contributed by atoms with E-state index in [-0.39, 0.29) is 33.2 Å². The Morgan fingerprint density at radius 1 is 1.00 bits per heavy atom. The van der Waals surface area contributed by atoms with Gasteiger partial charge in [-0.05, 0) is 68.1 Å². The predicted octanol–water partition coefficient (Wildman–Crippen LogP) is 4.57. The van der Waals surface area contributed by atoms with Crippen LogP contribution in [0.25, 0.3) is 22.3 Å². The zero-order chi connectivity index (χ0) is 29.5. The molecule has 0 spiro atoms. The van der Waals surface area contributed by atoms with Crippen molar-refractivity contribution in [2.45, 2.75) is 35.6 Å². The molecule has 1 N–H and O–H groups in total. The second kappa shape index (κ2) is 10.7. The molecule has 10 nitrogen and oxygen atoms in total. The molecule has 1 aliphatic rings. The monoisotopic (exact) mass is 598 g/mol. The van der Waals surface area contributed by atoms with Crippen molar-refractivity contribution in [2.24, 2.45) is 5.92 Å². The third kappa shape index (κ3) is 5.13. The summed E-state index contributed by atoms with van der Waals surface area (Å²) in [5.41, 5.74) is 3.50. The van der Waals surface area contributed by atoms with Crippen LogP contribution >= 0.6 is 0 Å². The van der Waals surface area contributed by atoms with Gasteiger partial charge in [0.05, 0.1) is 38.6 Å². The molecule has 1 saturated carbocycles. The van der Waals surface area contributed by atoms with Crippen molar-refractivity contribution in [1.82, 2.24) is 18.9 Å². The minimum atomic E-state index is -3.90. The Kier molecular flexibility index (Phi) is 7.00. The number of pyridine rings is 1. The summed E-state index contributed by atoms with van der Waals surface area (Å²) in [6, 6.07) is 18.1. The van der Waals surface area contributed by atoms with Gasteiger partial charge >= 0.3 is 0 Å². The van der Waals surface area contributed by atoms with Crippen molar-refractivity contribution in [2.75, 3.05) is 11.1 Å². The largest absolute Gasteiger partial charge is 0.381 e. The van der Waals surface area contributed by atoms with E-state index >= 15 is 0 Å². The van der Waals surface area contributed by atoms with E-state index in [4.69, 9.17) is 5.26 Å². The van der Waals surface area contributed by atoms with E-state index in [1.54, 1.807) is 60.9 Å². The zero-order valence-corrected chi connectivity index (χ0v) is 24.2. The van der Waals surface area contributed by atoms with Crippen LogP contribution in [0.1, 0.15) is 24.0 Å². The van der Waals surface area contributed by atoms with Crippen molar-refractivity contribution in [3.05, 3.63) is 96.7 Å². The number of aryl methyl sites for hydroxylation is 1. The summed E-state index contributed by atoms with van der Waals surface area (Å²) in [5, 5.41) is 13.3. The molecule has 1 aliphatic carbocycles. The van der Waals surface area contributed by atoms with E-state index < -0.39 is 19.9 Å². The Hall–Kier alpha value is -4.60. The van der Waals surface area contributed by atoms with Crippen LogP contribution in [0.3, 0.4) is 0 Å². The first-order chi connectivity index (χ1) is 20.2. The summed E-state index contributed by atoms with van der Waals surface area (Å²) in [6.07, 6.45) is 7.35. The summed E-state index contributed by atoms with van der Waals surface area (Å²) in [7, 11) is -7.45. The van der Waals surface area contributed by atoms with Gasteiger partial charge in [0.15, 0.2) is 15.5 Å². The van der Waals surface area contributed by atoms with Gasteiger partial charge in [0.2, 0.25) is 0 Å². The lowest BCUT2D eigenvalue weighted by Gasteiger charge is -2.37. The molecule has 0 saturated heterocycles. The maximum absolute atomic E-state index is 13.5. The molecular weight excluding hydrogens is 573 g/mol. The first-order valence-electron chi connectivity index (χ1n) is 13.2. The lowest BCUT2D eigenvalue weighted by molar-refractivity contribution is 0.311. The molecule has 0 atom stereocenters. The molecule has 3 aromatic heterocycles. The van der Waals surface area contributed by atoms with E-state index in [1.165, 1.54) is 28.6 Å². The topological polar surface area (TPSA) is 148 Å². The van der Waals surface area contributed by atoms with Gasteiger partial charge in [-0.25, -0.2) is 35.8 Å². The first kappa shape index (κ1) is 27.6. The lowest BCUT2D eigenvalue weighted by Crippen LogP contribution is -2.39. The third-order valence-corrected chi connectivity index (χ3v) is 11.0. The van der Waals surface area contributed by atoms with E-state index in [0.717, 1.165) is 5.56 Å². The second-order valence-corrected chi connectivity index (χ2v) is 14.3. The number of fused-ring (bicyclic) bond motifs is 1. The highest BCUT2D eigenvalue weighted by Gasteiger charge is 2.34. The van der Waals surface area contributed by atoms with Crippen LogP contribution in [0.4, 0.5) is 5.69 Å². The van der Waals surface area contributed by atoms with Gasteiger partial charge in [-0.1, -0.05) is 23.8 Å². The molecule has 1 fully saturated rings. The molecular formula is C30H26N6O4S2. The number of nitrogens with zero attached hydrogens (tertiary/aromatic N) is 5. The number of hydrogen-bond acceptors (Lipinski definition) is 9. The van der Waals surface area contributed by atoms with Gasteiger partial charge in [0.1, 0.15) is 6.33 Å². The fourth-order valence-electron chi connectivity index (χ4n) is 5.24. The molecule has 212 valence electrons. The van der Waals surface area contributed by atoms with Crippen molar-refractivity contribution >= 4 is 36.6 Å². The third-order valence-electron chi connectivity index (χ3n) is 7.48. The Morgan fingerprint density at radius 2 is 1.79 bits per heavy atom. The Morgan fingerprint density at radius 3 is 2.50 bits per heavy atom. The molecule has 42 heavy (non-hydrogen) atoms. The molecule has 3 heterocycles. The average molecular weight is 599 g/mol. The van der Waals surface area contributed by atoms with E-state index in [9.17, 15) is 16.8 Å². The van der Waals surface area contributed by atoms with Crippen LogP contribution in [0, 0.1) is 24.2 Å². The van der Waals surface area contributed by atoms with Crippen molar-refractivity contribution in [3.8, 4) is 17.3 Å².